The van der Waals surface area contributed by atoms with Crippen molar-refractivity contribution in [1.29, 1.82) is 0 Å². The molecule has 2 aliphatic rings. The van der Waals surface area contributed by atoms with E-state index in [-0.39, 0.29) is 23.3 Å². The van der Waals surface area contributed by atoms with Crippen molar-refractivity contribution in [3.05, 3.63) is 63.8 Å². The van der Waals surface area contributed by atoms with Crippen molar-refractivity contribution in [3.63, 3.8) is 0 Å². The highest BCUT2D eigenvalue weighted by atomic mass is 16.5. The van der Waals surface area contributed by atoms with E-state index in [4.69, 9.17) is 4.74 Å². The van der Waals surface area contributed by atoms with Crippen LogP contribution >= 0.6 is 0 Å². The summed E-state index contributed by atoms with van der Waals surface area (Å²) in [5, 5.41) is 5.89. The summed E-state index contributed by atoms with van der Waals surface area (Å²) in [6.07, 6.45) is 14.9. The first kappa shape index (κ1) is 25.1. The third-order valence-electron chi connectivity index (χ3n) is 6.84. The monoisotopic (exact) mass is 480 g/mol. The molecule has 1 saturated heterocycles. The van der Waals surface area contributed by atoms with Crippen LogP contribution in [0.1, 0.15) is 84.2 Å². The van der Waals surface area contributed by atoms with Gasteiger partial charge in [-0.15, -0.1) is 0 Å². The van der Waals surface area contributed by atoms with E-state index in [2.05, 4.69) is 15.6 Å². The Kier molecular flexibility index (Phi) is 9.06. The van der Waals surface area contributed by atoms with Crippen LogP contribution in [-0.2, 0) is 17.7 Å². The third kappa shape index (κ3) is 7.24. The van der Waals surface area contributed by atoms with E-state index < -0.39 is 17.2 Å². The van der Waals surface area contributed by atoms with Crippen molar-refractivity contribution in [2.45, 2.75) is 82.9 Å². The largest absolute Gasteiger partial charge is 0.376 e. The van der Waals surface area contributed by atoms with E-state index in [1.807, 2.05) is 18.2 Å². The topological polar surface area (TPSA) is 102 Å². The Labute approximate surface area is 206 Å². The van der Waals surface area contributed by atoms with Gasteiger partial charge in [0.1, 0.15) is 11.1 Å². The molecular weight excluding hydrogens is 444 g/mol. The number of ether oxygens (including phenoxy) is 1. The molecule has 35 heavy (non-hydrogen) atoms. The number of carbonyl (C=O) groups excluding carboxylic acids is 2. The minimum absolute atomic E-state index is 0.0130. The van der Waals surface area contributed by atoms with Gasteiger partial charge >= 0.3 is 0 Å². The Bertz CT molecular complexity index is 1040. The molecule has 2 aromatic heterocycles. The van der Waals surface area contributed by atoms with Crippen molar-refractivity contribution in [2.75, 3.05) is 13.2 Å². The maximum absolute atomic E-state index is 13.3. The molecule has 8 nitrogen and oxygen atoms in total. The van der Waals surface area contributed by atoms with E-state index in [1.54, 1.807) is 23.2 Å². The number of pyridine rings is 2. The maximum atomic E-state index is 13.3. The molecule has 1 saturated carbocycles. The molecule has 0 unspecified atom stereocenters. The third-order valence-corrected chi connectivity index (χ3v) is 6.84. The van der Waals surface area contributed by atoms with Gasteiger partial charge in [-0.05, 0) is 37.8 Å². The Morgan fingerprint density at radius 1 is 0.971 bits per heavy atom. The molecule has 2 aromatic rings. The number of nitrogens with zero attached hydrogens (tertiary/aromatic N) is 2. The molecule has 1 aliphatic carbocycles. The van der Waals surface area contributed by atoms with Gasteiger partial charge < -0.3 is 19.9 Å². The van der Waals surface area contributed by atoms with Crippen LogP contribution in [-0.4, -0.2) is 46.7 Å². The lowest BCUT2D eigenvalue weighted by molar-refractivity contribution is 0.0914. The highest BCUT2D eigenvalue weighted by Gasteiger charge is 2.23. The van der Waals surface area contributed by atoms with Crippen molar-refractivity contribution in [1.82, 2.24) is 20.2 Å². The van der Waals surface area contributed by atoms with Gasteiger partial charge in [-0.3, -0.25) is 19.4 Å². The smallest absolute Gasteiger partial charge is 0.256 e. The van der Waals surface area contributed by atoms with Gasteiger partial charge in [0, 0.05) is 56.4 Å². The SMILES string of the molecule is O=C(NCCc1ccccn1)c1cn(C[C@@H]2CCCO2)cc(C(=O)NC2CCCCCCC2)c1=O. The number of rotatable bonds is 8. The highest BCUT2D eigenvalue weighted by molar-refractivity contribution is 5.99. The number of carbonyl (C=O) groups is 2. The first-order valence-corrected chi connectivity index (χ1v) is 12.9. The molecule has 0 radical (unpaired) electrons. The van der Waals surface area contributed by atoms with E-state index in [1.165, 1.54) is 19.3 Å². The van der Waals surface area contributed by atoms with E-state index in [0.717, 1.165) is 44.2 Å². The molecule has 2 fully saturated rings. The summed E-state index contributed by atoms with van der Waals surface area (Å²) in [6, 6.07) is 5.68. The zero-order valence-corrected chi connectivity index (χ0v) is 20.3. The standard InChI is InChI=1S/C27H36N4O4/c32-25-23(26(33)29-15-13-20-9-6-7-14-28-20)18-31(17-22-12-8-16-35-22)19-24(25)27(34)30-21-10-4-2-1-3-5-11-21/h6-7,9,14,18-19,21-22H,1-5,8,10-13,15-17H2,(H,29,33)(H,30,34)/t22-/m0/s1. The minimum atomic E-state index is -0.535. The van der Waals surface area contributed by atoms with Crippen LogP contribution in [0.4, 0.5) is 0 Å². The first-order chi connectivity index (χ1) is 17.1. The number of aromatic nitrogens is 2. The number of hydrogen-bond donors (Lipinski definition) is 2. The van der Waals surface area contributed by atoms with E-state index in [0.29, 0.717) is 26.1 Å². The lowest BCUT2D eigenvalue weighted by Gasteiger charge is -2.21. The van der Waals surface area contributed by atoms with Crippen molar-refractivity contribution >= 4 is 11.8 Å². The van der Waals surface area contributed by atoms with Gasteiger partial charge in [-0.25, -0.2) is 0 Å². The minimum Gasteiger partial charge on any atom is -0.376 e. The first-order valence-electron chi connectivity index (χ1n) is 12.9. The van der Waals surface area contributed by atoms with Crippen LogP contribution in [0, 0.1) is 0 Å². The lowest BCUT2D eigenvalue weighted by Crippen LogP contribution is -2.40. The average Bonchev–Trinajstić information content (AvgIpc) is 3.35. The van der Waals surface area contributed by atoms with Gasteiger partial charge in [-0.1, -0.05) is 38.2 Å². The summed E-state index contributed by atoms with van der Waals surface area (Å²) in [7, 11) is 0. The molecule has 2 amide bonds. The second-order valence-corrected chi connectivity index (χ2v) is 9.59. The normalized spacial score (nSPS) is 19.0. The van der Waals surface area contributed by atoms with Crippen LogP contribution < -0.4 is 16.1 Å². The summed E-state index contributed by atoms with van der Waals surface area (Å²) < 4.78 is 7.50. The van der Waals surface area contributed by atoms with E-state index >= 15 is 0 Å². The number of hydrogen-bond acceptors (Lipinski definition) is 5. The van der Waals surface area contributed by atoms with Crippen LogP contribution in [0.15, 0.2) is 41.6 Å². The van der Waals surface area contributed by atoms with Crippen molar-refractivity contribution in [2.24, 2.45) is 0 Å². The van der Waals surface area contributed by atoms with Gasteiger partial charge in [0.2, 0.25) is 5.43 Å². The molecule has 2 N–H and O–H groups in total. The summed E-state index contributed by atoms with van der Waals surface area (Å²) in [5.74, 6) is -0.877. The molecule has 0 bridgehead atoms. The summed E-state index contributed by atoms with van der Waals surface area (Å²) in [4.78, 5) is 43.7. The predicted octanol–water partition coefficient (Wildman–Crippen LogP) is 3.24. The Morgan fingerprint density at radius 3 is 2.40 bits per heavy atom. The molecule has 3 heterocycles. The molecule has 1 atom stereocenters. The molecule has 188 valence electrons. The maximum Gasteiger partial charge on any atom is 0.256 e. The quantitative estimate of drug-likeness (QED) is 0.604. The van der Waals surface area contributed by atoms with Crippen LogP contribution in [0.5, 0.6) is 0 Å². The molecule has 0 spiro atoms. The predicted molar refractivity (Wildman–Crippen MR) is 134 cm³/mol. The zero-order valence-electron chi connectivity index (χ0n) is 20.3. The molecule has 4 rings (SSSR count). The average molecular weight is 481 g/mol. The van der Waals surface area contributed by atoms with Gasteiger partial charge in [0.05, 0.1) is 6.10 Å². The fourth-order valence-corrected chi connectivity index (χ4v) is 4.89. The summed E-state index contributed by atoms with van der Waals surface area (Å²) in [5.41, 5.74) is 0.319. The second kappa shape index (κ2) is 12.6. The zero-order chi connectivity index (χ0) is 24.5. The fourth-order valence-electron chi connectivity index (χ4n) is 4.89. The summed E-state index contributed by atoms with van der Waals surface area (Å²) >= 11 is 0. The van der Waals surface area contributed by atoms with Gasteiger partial charge in [0.15, 0.2) is 0 Å². The Hall–Kier alpha value is -3.00. The molecular formula is C27H36N4O4. The summed E-state index contributed by atoms with van der Waals surface area (Å²) in [6.45, 7) is 1.55. The van der Waals surface area contributed by atoms with Crippen LogP contribution in [0.25, 0.3) is 0 Å². The Morgan fingerprint density at radius 2 is 1.71 bits per heavy atom. The highest BCUT2D eigenvalue weighted by Crippen LogP contribution is 2.18. The lowest BCUT2D eigenvalue weighted by atomic mass is 9.96. The van der Waals surface area contributed by atoms with Crippen LogP contribution in [0.3, 0.4) is 0 Å². The molecule has 1 aliphatic heterocycles. The number of nitrogens with one attached hydrogen (secondary N) is 2. The Balaban J connectivity index is 1.51. The molecule has 0 aromatic carbocycles. The van der Waals surface area contributed by atoms with Crippen molar-refractivity contribution < 1.29 is 14.3 Å². The fraction of sp³-hybridized carbons (Fsp3) is 0.556. The molecule has 8 heteroatoms. The number of amides is 2. The van der Waals surface area contributed by atoms with Crippen LogP contribution in [0.2, 0.25) is 0 Å². The van der Waals surface area contributed by atoms with Gasteiger partial charge in [0.25, 0.3) is 11.8 Å². The van der Waals surface area contributed by atoms with Gasteiger partial charge in [-0.2, -0.15) is 0 Å². The van der Waals surface area contributed by atoms with E-state index in [9.17, 15) is 14.4 Å². The second-order valence-electron chi connectivity index (χ2n) is 9.59. The van der Waals surface area contributed by atoms with Crippen molar-refractivity contribution in [3.8, 4) is 0 Å².